The number of fused-ring (bicyclic) bond motifs is 1. The van der Waals surface area contributed by atoms with E-state index in [0.29, 0.717) is 17.9 Å². The number of aliphatic imine (C=N–C) groups is 1. The molecule has 4 N–H and O–H groups in total. The molecule has 3 aliphatic rings. The van der Waals surface area contributed by atoms with Crippen molar-refractivity contribution in [2.24, 2.45) is 16.6 Å². The Bertz CT molecular complexity index is 660. The van der Waals surface area contributed by atoms with Crippen LogP contribution in [-0.4, -0.2) is 34.3 Å². The number of allylic oxidation sites excluding steroid dienone is 1. The van der Waals surface area contributed by atoms with Crippen molar-refractivity contribution < 1.29 is 4.74 Å². The van der Waals surface area contributed by atoms with Crippen molar-refractivity contribution in [1.82, 2.24) is 20.2 Å². The molecule has 130 valence electrons. The number of hydrogen-bond donors (Lipinski definition) is 3. The van der Waals surface area contributed by atoms with Gasteiger partial charge >= 0.3 is 0 Å². The summed E-state index contributed by atoms with van der Waals surface area (Å²) in [6.45, 7) is 4.90. The molecule has 0 amide bonds. The summed E-state index contributed by atoms with van der Waals surface area (Å²) in [5, 5.41) is 6.73. The van der Waals surface area contributed by atoms with E-state index in [-0.39, 0.29) is 18.3 Å². The summed E-state index contributed by atoms with van der Waals surface area (Å²) < 4.78 is 7.88. The zero-order chi connectivity index (χ0) is 16.7. The molecule has 1 saturated carbocycles. The van der Waals surface area contributed by atoms with Crippen LogP contribution in [0, 0.1) is 5.92 Å². The third-order valence-electron chi connectivity index (χ3n) is 4.72. The van der Waals surface area contributed by atoms with Crippen LogP contribution in [0.15, 0.2) is 23.5 Å². The Labute approximate surface area is 142 Å². The molecular formula is C17H26N6O. The van der Waals surface area contributed by atoms with Crippen molar-refractivity contribution in [3.63, 3.8) is 0 Å². The molecule has 0 radical (unpaired) electrons. The summed E-state index contributed by atoms with van der Waals surface area (Å²) in [6, 6.07) is 0.827. The van der Waals surface area contributed by atoms with E-state index in [1.807, 2.05) is 6.33 Å². The van der Waals surface area contributed by atoms with E-state index >= 15 is 0 Å². The van der Waals surface area contributed by atoms with Gasteiger partial charge in [0.15, 0.2) is 11.8 Å². The Balaban J connectivity index is 1.49. The maximum absolute atomic E-state index is 5.99. The molecule has 2 aliphatic carbocycles. The number of aromatic nitrogens is 2. The number of hydrogen-bond acceptors (Lipinski definition) is 6. The third-order valence-corrected chi connectivity index (χ3v) is 4.72. The van der Waals surface area contributed by atoms with Gasteiger partial charge in [-0.05, 0) is 33.1 Å². The Morgan fingerprint density at radius 3 is 3.00 bits per heavy atom. The van der Waals surface area contributed by atoms with Gasteiger partial charge in [0.1, 0.15) is 11.9 Å². The normalized spacial score (nSPS) is 28.8. The van der Waals surface area contributed by atoms with Crippen LogP contribution in [0.4, 0.5) is 5.82 Å². The Morgan fingerprint density at radius 1 is 1.42 bits per heavy atom. The first-order chi connectivity index (χ1) is 11.6. The van der Waals surface area contributed by atoms with E-state index in [2.05, 4.69) is 51.2 Å². The average Bonchev–Trinajstić information content (AvgIpc) is 3.07. The van der Waals surface area contributed by atoms with Gasteiger partial charge in [0.2, 0.25) is 0 Å². The molecule has 7 nitrogen and oxygen atoms in total. The highest BCUT2D eigenvalue weighted by atomic mass is 16.5. The predicted octanol–water partition coefficient (Wildman–Crippen LogP) is 1.73. The quantitative estimate of drug-likeness (QED) is 0.691. The van der Waals surface area contributed by atoms with Gasteiger partial charge in [0.25, 0.3) is 0 Å². The molecule has 1 aliphatic heterocycles. The lowest BCUT2D eigenvalue weighted by Gasteiger charge is -2.24. The van der Waals surface area contributed by atoms with Gasteiger partial charge in [-0.25, -0.2) is 4.98 Å². The summed E-state index contributed by atoms with van der Waals surface area (Å²) in [5.41, 5.74) is 6.93. The number of rotatable bonds is 6. The second-order valence-corrected chi connectivity index (χ2v) is 7.21. The number of imidazole rings is 1. The summed E-state index contributed by atoms with van der Waals surface area (Å²) in [4.78, 5) is 9.11. The van der Waals surface area contributed by atoms with Gasteiger partial charge in [-0.1, -0.05) is 12.2 Å². The molecule has 3 atom stereocenters. The zero-order valence-corrected chi connectivity index (χ0v) is 14.3. The summed E-state index contributed by atoms with van der Waals surface area (Å²) in [6.07, 6.45) is 10.0. The van der Waals surface area contributed by atoms with Gasteiger partial charge in [-0.2, -0.15) is 4.99 Å². The molecule has 0 saturated heterocycles. The lowest BCUT2D eigenvalue weighted by Crippen LogP contribution is -2.44. The number of nitrogens with one attached hydrogen (secondary N) is 2. The van der Waals surface area contributed by atoms with E-state index in [9.17, 15) is 0 Å². The van der Waals surface area contributed by atoms with Crippen molar-refractivity contribution in [2.45, 2.75) is 57.5 Å². The monoisotopic (exact) mass is 330 g/mol. The van der Waals surface area contributed by atoms with Crippen molar-refractivity contribution in [2.75, 3.05) is 6.61 Å². The van der Waals surface area contributed by atoms with Gasteiger partial charge in [-0.3, -0.25) is 5.32 Å². The van der Waals surface area contributed by atoms with E-state index < -0.39 is 0 Å². The Kier molecular flexibility index (Phi) is 4.05. The van der Waals surface area contributed by atoms with Gasteiger partial charge in [-0.15, -0.1) is 0 Å². The van der Waals surface area contributed by atoms with Crippen LogP contribution in [0.2, 0.25) is 0 Å². The zero-order valence-electron chi connectivity index (χ0n) is 14.3. The summed E-state index contributed by atoms with van der Waals surface area (Å²) in [7, 11) is 0. The first-order valence-corrected chi connectivity index (χ1v) is 8.83. The first kappa shape index (κ1) is 15.7. The number of nitrogens with two attached hydrogens (primary N) is 1. The highest BCUT2D eigenvalue weighted by Crippen LogP contribution is 2.36. The molecule has 1 fully saturated rings. The van der Waals surface area contributed by atoms with Gasteiger partial charge < -0.3 is 20.4 Å². The van der Waals surface area contributed by atoms with Crippen molar-refractivity contribution in [1.29, 1.82) is 0 Å². The largest absolute Gasteiger partial charge is 0.378 e. The maximum Gasteiger partial charge on any atom is 0.196 e. The second kappa shape index (κ2) is 6.22. The Morgan fingerprint density at radius 2 is 2.25 bits per heavy atom. The molecule has 24 heavy (non-hydrogen) atoms. The van der Waals surface area contributed by atoms with Crippen LogP contribution < -0.4 is 16.4 Å². The van der Waals surface area contributed by atoms with Crippen molar-refractivity contribution >= 4 is 11.8 Å². The molecule has 4 rings (SSSR count). The summed E-state index contributed by atoms with van der Waals surface area (Å²) >= 11 is 0. The molecule has 0 spiro atoms. The molecule has 1 aromatic rings. The van der Waals surface area contributed by atoms with E-state index in [1.54, 1.807) is 0 Å². The van der Waals surface area contributed by atoms with Crippen LogP contribution in [0.1, 0.15) is 51.0 Å². The minimum Gasteiger partial charge on any atom is -0.378 e. The molecule has 1 aromatic heterocycles. The third kappa shape index (κ3) is 3.18. The number of nitrogens with zero attached hydrogens (tertiary/aromatic N) is 3. The fourth-order valence-corrected chi connectivity index (χ4v) is 3.30. The fourth-order valence-electron chi connectivity index (χ4n) is 3.30. The summed E-state index contributed by atoms with van der Waals surface area (Å²) in [5.74, 6) is 1.76. The van der Waals surface area contributed by atoms with E-state index in [4.69, 9.17) is 10.5 Å². The lowest BCUT2D eigenvalue weighted by molar-refractivity contribution is 0.0598. The highest BCUT2D eigenvalue weighted by Gasteiger charge is 2.33. The molecular weight excluding hydrogens is 304 g/mol. The Hall–Kier alpha value is -1.86. The molecule has 0 aromatic carbocycles. The molecule has 7 heteroatoms. The van der Waals surface area contributed by atoms with E-state index in [1.165, 1.54) is 12.8 Å². The van der Waals surface area contributed by atoms with Crippen LogP contribution in [-0.2, 0) is 4.74 Å². The van der Waals surface area contributed by atoms with Crippen molar-refractivity contribution in [3.05, 3.63) is 24.2 Å². The van der Waals surface area contributed by atoms with Crippen LogP contribution in [0.25, 0.3) is 0 Å². The number of guanidine groups is 1. The maximum atomic E-state index is 5.99. The van der Waals surface area contributed by atoms with Crippen LogP contribution in [0.5, 0.6) is 0 Å². The lowest BCUT2D eigenvalue weighted by atomic mass is 10.1. The van der Waals surface area contributed by atoms with E-state index in [0.717, 1.165) is 24.5 Å². The minimum atomic E-state index is -0.0447. The molecule has 2 heterocycles. The first-order valence-electron chi connectivity index (χ1n) is 8.83. The average molecular weight is 330 g/mol. The SMILES string of the molecule is CC(C)OC[C@@H]1C=CC(n2cnc3c2N=C(N)NC3NC2CC2)C1. The topological polar surface area (TPSA) is 89.5 Å². The predicted molar refractivity (Wildman–Crippen MR) is 92.9 cm³/mol. The molecule has 0 bridgehead atoms. The standard InChI is InChI=1S/C17H26N6O/c1-10(2)24-8-11-3-6-13(7-11)23-9-19-14-15(20-12-4-5-12)21-17(18)22-16(14)23/h3,6,9-13,15,20H,4-5,7-8H2,1-2H3,(H3,18,21,22)/t11-,13?,15?/m1/s1. The fraction of sp³-hybridized carbons (Fsp3) is 0.647. The van der Waals surface area contributed by atoms with Gasteiger partial charge in [0, 0.05) is 12.0 Å². The van der Waals surface area contributed by atoms with Crippen molar-refractivity contribution in [3.8, 4) is 0 Å². The van der Waals surface area contributed by atoms with Crippen LogP contribution >= 0.6 is 0 Å². The molecule has 2 unspecified atom stereocenters. The smallest absolute Gasteiger partial charge is 0.196 e. The minimum absolute atomic E-state index is 0.0447. The number of ether oxygens (including phenoxy) is 1. The van der Waals surface area contributed by atoms with Crippen LogP contribution in [0.3, 0.4) is 0 Å². The van der Waals surface area contributed by atoms with Gasteiger partial charge in [0.05, 0.1) is 25.1 Å². The second-order valence-electron chi connectivity index (χ2n) is 7.21. The highest BCUT2D eigenvalue weighted by molar-refractivity contribution is 5.83.